The quantitative estimate of drug-likeness (QED) is 0.778. The Hall–Kier alpha value is -2.34. The van der Waals surface area contributed by atoms with Crippen LogP contribution >= 0.6 is 7.82 Å². The van der Waals surface area contributed by atoms with Gasteiger partial charge in [-0.15, -0.1) is 0 Å². The molecule has 2 aromatic rings. The maximum atomic E-state index is 11.1. The molecule has 0 spiro atoms. The van der Waals surface area contributed by atoms with E-state index in [0.29, 0.717) is 11.5 Å². The molecule has 0 aliphatic rings. The van der Waals surface area contributed by atoms with Gasteiger partial charge < -0.3 is 14.6 Å². The van der Waals surface area contributed by atoms with Crippen molar-refractivity contribution < 1.29 is 28.0 Å². The van der Waals surface area contributed by atoms with Crippen molar-refractivity contribution in [1.29, 1.82) is 0 Å². The summed E-state index contributed by atoms with van der Waals surface area (Å²) >= 11 is 0. The molecule has 136 valence electrons. The second kappa shape index (κ2) is 10.5. The molecule has 0 radical (unpaired) electrons. The molecule has 0 saturated carbocycles. The number of phosphoric ester groups is 1. The van der Waals surface area contributed by atoms with Gasteiger partial charge in [-0.05, 0) is 43.7 Å². The van der Waals surface area contributed by atoms with Crippen LogP contribution in [0.25, 0.3) is 0 Å². The van der Waals surface area contributed by atoms with Gasteiger partial charge in [0.25, 0.3) is 0 Å². The summed E-state index contributed by atoms with van der Waals surface area (Å²) in [6, 6.07) is 15.7. The summed E-state index contributed by atoms with van der Waals surface area (Å²) in [5.74, 6) is 0.885. The van der Waals surface area contributed by atoms with Crippen LogP contribution in [0.4, 0.5) is 4.79 Å². The highest BCUT2D eigenvalue weighted by Gasteiger charge is 2.21. The van der Waals surface area contributed by atoms with Crippen molar-refractivity contribution in [2.24, 2.45) is 0 Å². The van der Waals surface area contributed by atoms with Gasteiger partial charge in [-0.25, -0.2) is 9.36 Å². The molecule has 1 amide bonds. The maximum absolute atomic E-state index is 11.1. The van der Waals surface area contributed by atoms with Crippen molar-refractivity contribution in [3.63, 3.8) is 0 Å². The molecule has 1 atom stereocenters. The zero-order chi connectivity index (χ0) is 18.7. The molecular formula is C17H22NO6P. The molecule has 25 heavy (non-hydrogen) atoms. The molecule has 0 bridgehead atoms. The third-order valence-corrected chi connectivity index (χ3v) is 3.69. The summed E-state index contributed by atoms with van der Waals surface area (Å²) in [5.41, 5.74) is 1.07. The fourth-order valence-electron chi connectivity index (χ4n) is 1.64. The average Bonchev–Trinajstić information content (AvgIpc) is 2.55. The van der Waals surface area contributed by atoms with Crippen LogP contribution in [-0.4, -0.2) is 24.6 Å². The van der Waals surface area contributed by atoms with E-state index in [1.54, 1.807) is 49.4 Å². The normalized spacial score (nSPS) is 12.2. The first-order chi connectivity index (χ1) is 11.9. The first-order valence-electron chi connectivity index (χ1n) is 7.54. The Labute approximate surface area is 147 Å². The van der Waals surface area contributed by atoms with Crippen molar-refractivity contribution in [3.05, 3.63) is 60.2 Å². The van der Waals surface area contributed by atoms with Crippen molar-refractivity contribution in [3.8, 4) is 11.5 Å². The largest absolute Gasteiger partial charge is 0.527 e. The van der Waals surface area contributed by atoms with Gasteiger partial charge in [-0.2, -0.15) is 0 Å². The van der Waals surface area contributed by atoms with Crippen LogP contribution in [0.1, 0.15) is 12.5 Å². The zero-order valence-electron chi connectivity index (χ0n) is 14.3. The predicted molar refractivity (Wildman–Crippen MR) is 94.8 cm³/mol. The first kappa shape index (κ1) is 20.7. The lowest BCUT2D eigenvalue weighted by Crippen LogP contribution is -2.21. The summed E-state index contributed by atoms with van der Waals surface area (Å²) in [7, 11) is -2.39. The van der Waals surface area contributed by atoms with E-state index in [-0.39, 0.29) is 6.61 Å². The highest BCUT2D eigenvalue weighted by molar-refractivity contribution is 7.47. The molecule has 1 unspecified atom stereocenters. The number of carbonyl (C=O) groups excluding carboxylic acids is 1. The SMILES string of the molecule is CCOP(=O)(O)Oc1ccccc1.CNC(=O)Oc1cccc(C)c1. The molecule has 0 heterocycles. The second-order valence-corrected chi connectivity index (χ2v) is 6.12. The van der Waals surface area contributed by atoms with Crippen molar-refractivity contribution in [1.82, 2.24) is 5.32 Å². The molecule has 2 N–H and O–H groups in total. The van der Waals surface area contributed by atoms with Crippen LogP contribution in [0.5, 0.6) is 11.5 Å². The fraction of sp³-hybridized carbons (Fsp3) is 0.235. The van der Waals surface area contributed by atoms with E-state index in [2.05, 4.69) is 9.84 Å². The van der Waals surface area contributed by atoms with Crippen LogP contribution in [0.3, 0.4) is 0 Å². The van der Waals surface area contributed by atoms with Crippen LogP contribution in [0.15, 0.2) is 54.6 Å². The first-order valence-corrected chi connectivity index (χ1v) is 9.04. The van der Waals surface area contributed by atoms with E-state index >= 15 is 0 Å². The van der Waals surface area contributed by atoms with Crippen LogP contribution in [0, 0.1) is 6.92 Å². The Morgan fingerprint density at radius 3 is 2.32 bits per heavy atom. The second-order valence-electron chi connectivity index (χ2n) is 4.75. The standard InChI is InChI=1S/C9H11NO2.C8H11O4P/c1-7-4-3-5-8(6-7)12-9(11)10-2;1-2-11-13(9,10)12-8-6-4-3-5-7-8/h3-6H,1-2H3,(H,10,11);3-7H,2H2,1H3,(H,9,10). The Morgan fingerprint density at radius 2 is 1.76 bits per heavy atom. The molecule has 2 rings (SSSR count). The van der Waals surface area contributed by atoms with E-state index in [9.17, 15) is 9.36 Å². The molecule has 8 heteroatoms. The number of benzene rings is 2. The van der Waals surface area contributed by atoms with Gasteiger partial charge in [0.2, 0.25) is 0 Å². The third kappa shape index (κ3) is 8.91. The molecule has 0 aromatic heterocycles. The Morgan fingerprint density at radius 1 is 1.12 bits per heavy atom. The molecule has 2 aromatic carbocycles. The number of carbonyl (C=O) groups is 1. The Balaban J connectivity index is 0.000000251. The fourth-order valence-corrected chi connectivity index (χ4v) is 2.41. The summed E-state index contributed by atoms with van der Waals surface area (Å²) in [6.45, 7) is 3.70. The van der Waals surface area contributed by atoms with Crippen LogP contribution < -0.4 is 14.6 Å². The average molecular weight is 367 g/mol. The lowest BCUT2D eigenvalue weighted by atomic mass is 10.2. The summed E-state index contributed by atoms with van der Waals surface area (Å²) in [5, 5.41) is 2.37. The highest BCUT2D eigenvalue weighted by Crippen LogP contribution is 2.43. The summed E-state index contributed by atoms with van der Waals surface area (Å²) < 4.78 is 25.2. The minimum absolute atomic E-state index is 0.139. The highest BCUT2D eigenvalue weighted by atomic mass is 31.2. The number of ether oxygens (including phenoxy) is 1. The van der Waals surface area contributed by atoms with Gasteiger partial charge in [-0.1, -0.05) is 30.3 Å². The van der Waals surface area contributed by atoms with Gasteiger partial charge in [0.1, 0.15) is 11.5 Å². The van der Waals surface area contributed by atoms with E-state index in [4.69, 9.17) is 14.2 Å². The number of hydrogen-bond acceptors (Lipinski definition) is 5. The topological polar surface area (TPSA) is 94.1 Å². The molecule has 0 aliphatic carbocycles. The lowest BCUT2D eigenvalue weighted by molar-refractivity contribution is 0.203. The van der Waals surface area contributed by atoms with E-state index < -0.39 is 13.9 Å². The number of rotatable bonds is 5. The number of aryl methyl sites for hydroxylation is 1. The van der Waals surface area contributed by atoms with Crippen molar-refractivity contribution in [2.45, 2.75) is 13.8 Å². The predicted octanol–water partition coefficient (Wildman–Crippen LogP) is 3.92. The van der Waals surface area contributed by atoms with E-state index in [1.165, 1.54) is 7.05 Å². The van der Waals surface area contributed by atoms with E-state index in [1.807, 2.05) is 19.1 Å². The van der Waals surface area contributed by atoms with Gasteiger partial charge in [0.05, 0.1) is 6.61 Å². The molecule has 0 saturated heterocycles. The van der Waals surface area contributed by atoms with Gasteiger partial charge in [-0.3, -0.25) is 9.42 Å². The molecule has 0 aliphatic heterocycles. The zero-order valence-corrected chi connectivity index (χ0v) is 15.2. The molecule has 0 fully saturated rings. The van der Waals surface area contributed by atoms with Crippen LogP contribution in [0.2, 0.25) is 0 Å². The molecule has 7 nitrogen and oxygen atoms in total. The van der Waals surface area contributed by atoms with Gasteiger partial charge in [0, 0.05) is 7.05 Å². The number of amides is 1. The van der Waals surface area contributed by atoms with Crippen molar-refractivity contribution >= 4 is 13.9 Å². The minimum Gasteiger partial charge on any atom is -0.410 e. The summed E-state index contributed by atoms with van der Waals surface area (Å²) in [6.07, 6.45) is -0.444. The third-order valence-electron chi connectivity index (χ3n) is 2.66. The summed E-state index contributed by atoms with van der Waals surface area (Å²) in [4.78, 5) is 19.8. The minimum atomic E-state index is -3.91. The van der Waals surface area contributed by atoms with Gasteiger partial charge >= 0.3 is 13.9 Å². The van der Waals surface area contributed by atoms with Crippen molar-refractivity contribution in [2.75, 3.05) is 13.7 Å². The number of para-hydroxylation sites is 1. The smallest absolute Gasteiger partial charge is 0.410 e. The molecular weight excluding hydrogens is 345 g/mol. The van der Waals surface area contributed by atoms with Gasteiger partial charge in [0.15, 0.2) is 0 Å². The van der Waals surface area contributed by atoms with Crippen LogP contribution in [-0.2, 0) is 9.09 Å². The maximum Gasteiger partial charge on any atom is 0.527 e. The number of phosphoric acid groups is 1. The lowest BCUT2D eigenvalue weighted by Gasteiger charge is -2.11. The number of nitrogens with one attached hydrogen (secondary N) is 1. The van der Waals surface area contributed by atoms with E-state index in [0.717, 1.165) is 5.56 Å². The Bertz CT molecular complexity index is 707. The Kier molecular flexibility index (Phi) is 8.70. The monoisotopic (exact) mass is 367 g/mol. The number of hydrogen-bond donors (Lipinski definition) is 2.